The first-order chi connectivity index (χ1) is 6.00. The van der Waals surface area contributed by atoms with E-state index in [-0.39, 0.29) is 65.0 Å². The van der Waals surface area contributed by atoms with E-state index in [1.54, 1.807) is 0 Å². The summed E-state index contributed by atoms with van der Waals surface area (Å²) in [6, 6.07) is 0. The van der Waals surface area contributed by atoms with Crippen molar-refractivity contribution in [2.24, 2.45) is 0 Å². The summed E-state index contributed by atoms with van der Waals surface area (Å²) >= 11 is 0. The quantitative estimate of drug-likeness (QED) is 0.170. The molecule has 0 atom stereocenters. The van der Waals surface area contributed by atoms with Gasteiger partial charge in [0.1, 0.15) is 0 Å². The van der Waals surface area contributed by atoms with Crippen LogP contribution in [-0.4, -0.2) is 118 Å². The molecule has 0 aromatic heterocycles. The van der Waals surface area contributed by atoms with Crippen LogP contribution in [0.2, 0.25) is 0 Å². The van der Waals surface area contributed by atoms with Gasteiger partial charge in [-0.05, 0) is 0 Å². The van der Waals surface area contributed by atoms with Crippen LogP contribution in [0.3, 0.4) is 0 Å². The van der Waals surface area contributed by atoms with Gasteiger partial charge in [0.25, 0.3) is 0 Å². The van der Waals surface area contributed by atoms with Gasteiger partial charge in [-0.3, -0.25) is 25.9 Å². The van der Waals surface area contributed by atoms with Crippen LogP contribution >= 0.6 is 0 Å². The van der Waals surface area contributed by atoms with E-state index in [0.29, 0.717) is 0 Å². The Morgan fingerprint density at radius 3 is 0.647 bits per heavy atom. The van der Waals surface area contributed by atoms with Gasteiger partial charge in [0, 0.05) is 20.8 Å². The number of hydrogen-bond donors (Lipinski definition) is 2. The third-order valence-corrected chi connectivity index (χ3v) is 0. The summed E-state index contributed by atoms with van der Waals surface area (Å²) in [5, 5.41) is 0. The molecule has 0 aliphatic rings. The summed E-state index contributed by atoms with van der Waals surface area (Å²) in [5.41, 5.74) is 0. The zero-order valence-electron chi connectivity index (χ0n) is 7.41. The fourth-order valence-electron chi connectivity index (χ4n) is 0. The Morgan fingerprint density at radius 2 is 0.647 bits per heavy atom. The third-order valence-electron chi connectivity index (χ3n) is 0. The van der Waals surface area contributed by atoms with Crippen molar-refractivity contribution in [1.29, 1.82) is 0 Å². The molecule has 0 spiro atoms. The molecule has 0 aromatic rings. The predicted molar refractivity (Wildman–Crippen MR) is 46.6 cm³/mol. The molecular weight excluding hydrogens is 535 g/mol. The molecule has 0 unspecified atom stereocenters. The van der Waals surface area contributed by atoms with Gasteiger partial charge < -0.3 is 18.2 Å². The van der Waals surface area contributed by atoms with Gasteiger partial charge in [-0.25, -0.2) is 0 Å². The summed E-state index contributed by atoms with van der Waals surface area (Å²) in [7, 11) is -15.0. The van der Waals surface area contributed by atoms with Crippen LogP contribution < -0.4 is 0 Å². The molecule has 2 radical (unpaired) electrons. The molecule has 98 valence electrons. The summed E-state index contributed by atoms with van der Waals surface area (Å²) < 4.78 is 99.7. The zero-order valence-corrected chi connectivity index (χ0v) is 16.0. The summed E-state index contributed by atoms with van der Waals surface area (Å²) in [5.74, 6) is 0. The molecule has 17 heteroatoms. The van der Waals surface area contributed by atoms with Gasteiger partial charge in [0.05, 0.1) is 0 Å². The predicted octanol–water partition coefficient (Wildman–Crippen LogP) is -4.09. The first-order valence-electron chi connectivity index (χ1n) is 2.03. The van der Waals surface area contributed by atoms with Crippen LogP contribution in [-0.2, 0) is 31.2 Å². The minimum absolute atomic E-state index is 0. The number of rotatable bonds is 0. The monoisotopic (exact) mass is 538 g/mol. The van der Waals surface area contributed by atoms with Crippen molar-refractivity contribution in [3.05, 3.63) is 0 Å². The molecule has 0 aromatic carbocycles. The van der Waals surface area contributed by atoms with E-state index in [1.165, 1.54) is 0 Å². The molecule has 0 saturated heterocycles. The van der Waals surface area contributed by atoms with Crippen LogP contribution in [0.5, 0.6) is 0 Å². The van der Waals surface area contributed by atoms with Gasteiger partial charge in [-0.2, -0.15) is 8.42 Å². The minimum atomic E-state index is -5.17. The van der Waals surface area contributed by atoms with Gasteiger partial charge in [-0.15, -0.1) is 0 Å². The molecule has 12 nitrogen and oxygen atoms in total. The van der Waals surface area contributed by atoms with Crippen LogP contribution in [0.25, 0.3) is 0 Å². The van der Waals surface area contributed by atoms with Crippen molar-refractivity contribution in [3.63, 3.8) is 0 Å². The Hall–Kier alpha value is 1.79. The van der Waals surface area contributed by atoms with Gasteiger partial charge in [-0.1, -0.05) is 0 Å². The second-order valence-corrected chi connectivity index (χ2v) is 3.79. The van der Waals surface area contributed by atoms with Crippen molar-refractivity contribution < 1.29 is 52.6 Å². The Bertz CT molecular complexity index is 343. The second kappa shape index (κ2) is 12.8. The maximum Gasteiger partial charge on any atom is 2.00 e. The molecular formula is H2CaO12PbS3. The van der Waals surface area contributed by atoms with E-state index in [1.807, 2.05) is 0 Å². The van der Waals surface area contributed by atoms with Crippen molar-refractivity contribution in [1.82, 2.24) is 0 Å². The molecule has 0 rings (SSSR count). The van der Waals surface area contributed by atoms with Crippen LogP contribution in [0.4, 0.5) is 0 Å². The average molecular weight is 537 g/mol. The Morgan fingerprint density at radius 1 is 0.647 bits per heavy atom. The van der Waals surface area contributed by atoms with Crippen LogP contribution in [0.15, 0.2) is 0 Å². The van der Waals surface area contributed by atoms with E-state index in [4.69, 9.17) is 52.6 Å². The molecule has 17 heavy (non-hydrogen) atoms. The molecule has 0 heterocycles. The minimum Gasteiger partial charge on any atom is -0.759 e. The SMILES string of the molecule is O=S(=O)(O)O.O=S(=O)([O-])[O-].O=S(=O)([O-])[O-].[Ca+2].[Pb+2]. The number of hydrogen-bond acceptors (Lipinski definition) is 10. The van der Waals surface area contributed by atoms with Crippen molar-refractivity contribution in [3.8, 4) is 0 Å². The van der Waals surface area contributed by atoms with E-state index in [2.05, 4.69) is 0 Å². The average Bonchev–Trinajstić information content (AvgIpc) is 1.41. The molecule has 0 aliphatic carbocycles. The molecule has 0 amide bonds. The van der Waals surface area contributed by atoms with Gasteiger partial charge >= 0.3 is 75.4 Å². The van der Waals surface area contributed by atoms with Gasteiger partial charge in [0.2, 0.25) is 0 Å². The fourth-order valence-corrected chi connectivity index (χ4v) is 0. The van der Waals surface area contributed by atoms with Crippen molar-refractivity contribution in [2.75, 3.05) is 0 Å². The summed E-state index contributed by atoms with van der Waals surface area (Å²) in [6.45, 7) is 0. The van der Waals surface area contributed by atoms with E-state index >= 15 is 0 Å². The Balaban J connectivity index is -0.0000000400. The molecule has 0 bridgehead atoms. The van der Waals surface area contributed by atoms with E-state index in [0.717, 1.165) is 0 Å². The molecule has 0 aliphatic heterocycles. The maximum absolute atomic E-state index is 8.74. The maximum atomic E-state index is 8.74. The fraction of sp³-hybridized carbons (Fsp3) is 0. The normalized spacial score (nSPS) is 10.2. The van der Waals surface area contributed by atoms with E-state index < -0.39 is 31.2 Å². The molecule has 0 saturated carbocycles. The smallest absolute Gasteiger partial charge is 0.759 e. The van der Waals surface area contributed by atoms with E-state index in [9.17, 15) is 0 Å². The first-order valence-corrected chi connectivity index (χ1v) is 6.10. The Kier molecular flexibility index (Phi) is 23.6. The Labute approximate surface area is 147 Å². The second-order valence-electron chi connectivity index (χ2n) is 1.26. The van der Waals surface area contributed by atoms with Crippen LogP contribution in [0.1, 0.15) is 0 Å². The first kappa shape index (κ1) is 31.3. The topological polar surface area (TPSA) is 235 Å². The summed E-state index contributed by atoms with van der Waals surface area (Å²) in [4.78, 5) is 0. The largest absolute Gasteiger partial charge is 2.00 e. The standard InChI is InChI=1S/Ca.3H2O4S.Pb/c;3*1-5(2,3)4;/h;3*(H2,1,2,3,4);/q+2;;;;+2/p-4. The molecule has 2 N–H and O–H groups in total. The van der Waals surface area contributed by atoms with Gasteiger partial charge in [0.15, 0.2) is 0 Å². The third kappa shape index (κ3) is 1380. The van der Waals surface area contributed by atoms with Crippen LogP contribution in [0, 0.1) is 0 Å². The van der Waals surface area contributed by atoms with Crippen molar-refractivity contribution >= 4 is 96.2 Å². The molecule has 0 fully saturated rings. The van der Waals surface area contributed by atoms with Crippen molar-refractivity contribution in [2.45, 2.75) is 0 Å². The summed E-state index contributed by atoms with van der Waals surface area (Å²) in [6.07, 6.45) is 0. The zero-order chi connectivity index (χ0) is 13.5.